The highest BCUT2D eigenvalue weighted by Crippen LogP contribution is 2.31. The molecule has 0 saturated carbocycles. The first kappa shape index (κ1) is 22.2. The van der Waals surface area contributed by atoms with E-state index >= 15 is 0 Å². The molecule has 3 rings (SSSR count). The summed E-state index contributed by atoms with van der Waals surface area (Å²) in [7, 11) is -2.21. The number of hydrogen-bond donors (Lipinski definition) is 1. The largest absolute Gasteiger partial charge is 0.336 e. The monoisotopic (exact) mass is 429 g/mol. The smallest absolute Gasteiger partial charge is 0.242 e. The average molecular weight is 430 g/mol. The van der Waals surface area contributed by atoms with Crippen molar-refractivity contribution in [1.29, 1.82) is 0 Å². The van der Waals surface area contributed by atoms with Crippen LogP contribution in [-0.4, -0.2) is 18.0 Å². The third-order valence-corrected chi connectivity index (χ3v) is 6.93. The average Bonchev–Trinajstić information content (AvgIpc) is 3.04. The second-order valence-corrected chi connectivity index (χ2v) is 10.3. The Hall–Kier alpha value is -2.51. The van der Waals surface area contributed by atoms with E-state index in [1.54, 1.807) is 56.1 Å². The van der Waals surface area contributed by atoms with Crippen LogP contribution in [0.4, 0.5) is 4.39 Å². The molecule has 1 unspecified atom stereocenters. The van der Waals surface area contributed by atoms with E-state index < -0.39 is 21.9 Å². The topological polar surface area (TPSA) is 64.0 Å². The van der Waals surface area contributed by atoms with Crippen LogP contribution in [0.5, 0.6) is 0 Å². The number of nitrogens with zero attached hydrogens (tertiary/aromatic N) is 2. The summed E-state index contributed by atoms with van der Waals surface area (Å²) in [6.07, 6.45) is 3.26. The number of nitrogens with one attached hydrogen (secondary N) is 1. The van der Waals surface area contributed by atoms with Crippen LogP contribution in [0.3, 0.4) is 0 Å². The standard InChI is InChI=1S/C23H28FN3O2S/c1-15-13-17(23(3,4)5)14-16(2)21(15)30(28,29)26-20(22-25-11-12-27(22)6)18-9-7-8-10-19(18)24/h7-14,20,26H,1-6H3. The van der Waals surface area contributed by atoms with E-state index in [4.69, 9.17) is 0 Å². The van der Waals surface area contributed by atoms with Crippen molar-refractivity contribution in [3.05, 3.63) is 82.7 Å². The predicted molar refractivity (Wildman–Crippen MR) is 116 cm³/mol. The number of halogens is 1. The minimum absolute atomic E-state index is 0.103. The van der Waals surface area contributed by atoms with Gasteiger partial charge in [-0.1, -0.05) is 51.1 Å². The highest BCUT2D eigenvalue weighted by Gasteiger charge is 2.30. The first-order valence-electron chi connectivity index (χ1n) is 9.77. The van der Waals surface area contributed by atoms with Crippen molar-refractivity contribution in [2.24, 2.45) is 7.05 Å². The van der Waals surface area contributed by atoms with Crippen LogP contribution in [0.15, 0.2) is 53.7 Å². The molecule has 0 spiro atoms. The zero-order valence-corrected chi connectivity index (χ0v) is 19.0. The molecule has 1 atom stereocenters. The van der Waals surface area contributed by atoms with Crippen LogP contribution in [0, 0.1) is 19.7 Å². The van der Waals surface area contributed by atoms with Gasteiger partial charge in [0.1, 0.15) is 17.7 Å². The maximum Gasteiger partial charge on any atom is 0.242 e. The minimum atomic E-state index is -3.96. The van der Waals surface area contributed by atoms with E-state index in [0.29, 0.717) is 17.0 Å². The molecule has 0 amide bonds. The number of rotatable bonds is 5. The normalized spacial score (nSPS) is 13.4. The summed E-state index contributed by atoms with van der Waals surface area (Å²) in [6, 6.07) is 8.98. The minimum Gasteiger partial charge on any atom is -0.336 e. The van der Waals surface area contributed by atoms with Gasteiger partial charge in [-0.05, 0) is 42.0 Å². The molecule has 0 aliphatic heterocycles. The van der Waals surface area contributed by atoms with Gasteiger partial charge < -0.3 is 4.57 Å². The van der Waals surface area contributed by atoms with Gasteiger partial charge in [0, 0.05) is 25.0 Å². The highest BCUT2D eigenvalue weighted by atomic mass is 32.2. The highest BCUT2D eigenvalue weighted by molar-refractivity contribution is 7.89. The Morgan fingerprint density at radius 3 is 2.20 bits per heavy atom. The first-order chi connectivity index (χ1) is 13.9. The van der Waals surface area contributed by atoms with E-state index in [2.05, 4.69) is 30.5 Å². The second kappa shape index (κ2) is 7.96. The number of aryl methyl sites for hydroxylation is 3. The van der Waals surface area contributed by atoms with Gasteiger partial charge in [-0.2, -0.15) is 4.72 Å². The number of imidazole rings is 1. The maximum absolute atomic E-state index is 14.6. The Kier molecular flexibility index (Phi) is 5.89. The third-order valence-electron chi connectivity index (χ3n) is 5.20. The van der Waals surface area contributed by atoms with Crippen LogP contribution < -0.4 is 4.72 Å². The van der Waals surface area contributed by atoms with Crippen molar-refractivity contribution >= 4 is 10.0 Å². The fourth-order valence-corrected chi connectivity index (χ4v) is 5.27. The fourth-order valence-electron chi connectivity index (χ4n) is 3.64. The van der Waals surface area contributed by atoms with Gasteiger partial charge in [0.15, 0.2) is 0 Å². The summed E-state index contributed by atoms with van der Waals surface area (Å²) in [5, 5.41) is 0. The first-order valence-corrected chi connectivity index (χ1v) is 11.3. The van der Waals surface area contributed by atoms with E-state index in [0.717, 1.165) is 5.56 Å². The molecule has 7 heteroatoms. The van der Waals surface area contributed by atoms with Crippen LogP contribution >= 0.6 is 0 Å². The molecule has 0 aliphatic carbocycles. The van der Waals surface area contributed by atoms with Crippen LogP contribution in [0.2, 0.25) is 0 Å². The molecule has 1 N–H and O–H groups in total. The summed E-state index contributed by atoms with van der Waals surface area (Å²) >= 11 is 0. The SMILES string of the molecule is Cc1cc(C(C)(C)C)cc(C)c1S(=O)(=O)NC(c1ccccc1F)c1nccn1C. The maximum atomic E-state index is 14.6. The molecule has 2 aromatic carbocycles. The van der Waals surface area contributed by atoms with Gasteiger partial charge in [0.25, 0.3) is 0 Å². The van der Waals surface area contributed by atoms with Gasteiger partial charge in [-0.25, -0.2) is 17.8 Å². The molecule has 1 aromatic heterocycles. The van der Waals surface area contributed by atoms with E-state index in [1.807, 2.05) is 12.1 Å². The van der Waals surface area contributed by atoms with Crippen molar-refractivity contribution in [2.45, 2.75) is 51.0 Å². The molecule has 3 aromatic rings. The second-order valence-electron chi connectivity index (χ2n) is 8.66. The number of benzene rings is 2. The van der Waals surface area contributed by atoms with Gasteiger partial charge in [0.2, 0.25) is 10.0 Å². The Balaban J connectivity index is 2.12. The third kappa shape index (κ3) is 4.32. The summed E-state index contributed by atoms with van der Waals surface area (Å²) < 4.78 is 45.9. The summed E-state index contributed by atoms with van der Waals surface area (Å²) in [4.78, 5) is 4.49. The van der Waals surface area contributed by atoms with E-state index in [9.17, 15) is 12.8 Å². The van der Waals surface area contributed by atoms with Crippen molar-refractivity contribution < 1.29 is 12.8 Å². The molecular weight excluding hydrogens is 401 g/mol. The number of sulfonamides is 1. The zero-order chi connectivity index (χ0) is 22.3. The Morgan fingerprint density at radius 2 is 1.70 bits per heavy atom. The molecule has 5 nitrogen and oxygen atoms in total. The lowest BCUT2D eigenvalue weighted by Gasteiger charge is -2.24. The van der Waals surface area contributed by atoms with Crippen LogP contribution in [0.25, 0.3) is 0 Å². The van der Waals surface area contributed by atoms with Gasteiger partial charge >= 0.3 is 0 Å². The molecule has 30 heavy (non-hydrogen) atoms. The lowest BCUT2D eigenvalue weighted by molar-refractivity contribution is 0.543. The molecule has 0 saturated heterocycles. The number of hydrogen-bond acceptors (Lipinski definition) is 3. The van der Waals surface area contributed by atoms with Crippen LogP contribution in [0.1, 0.15) is 54.9 Å². The Bertz CT molecular complexity index is 1150. The van der Waals surface area contributed by atoms with Crippen molar-refractivity contribution in [3.8, 4) is 0 Å². The lowest BCUT2D eigenvalue weighted by atomic mass is 9.85. The van der Waals surface area contributed by atoms with Crippen molar-refractivity contribution in [2.75, 3.05) is 0 Å². The lowest BCUT2D eigenvalue weighted by Crippen LogP contribution is -2.32. The molecule has 0 radical (unpaired) electrons. The molecular formula is C23H28FN3O2S. The molecule has 0 bridgehead atoms. The van der Waals surface area contributed by atoms with E-state index in [-0.39, 0.29) is 15.9 Å². The molecule has 0 aliphatic rings. The zero-order valence-electron chi connectivity index (χ0n) is 18.2. The summed E-state index contributed by atoms with van der Waals surface area (Å²) in [5.74, 6) is -0.0879. The van der Waals surface area contributed by atoms with Gasteiger partial charge in [-0.3, -0.25) is 0 Å². The van der Waals surface area contributed by atoms with E-state index in [1.165, 1.54) is 6.07 Å². The predicted octanol–water partition coefficient (Wildman–Crippen LogP) is 4.54. The van der Waals surface area contributed by atoms with Crippen molar-refractivity contribution in [3.63, 3.8) is 0 Å². The molecule has 0 fully saturated rings. The Morgan fingerprint density at radius 1 is 1.10 bits per heavy atom. The quantitative estimate of drug-likeness (QED) is 0.648. The molecule has 160 valence electrons. The summed E-state index contributed by atoms with van der Waals surface area (Å²) in [5.41, 5.74) is 2.48. The van der Waals surface area contributed by atoms with Crippen LogP contribution in [-0.2, 0) is 22.5 Å². The molecule has 1 heterocycles. The Labute approximate surface area is 178 Å². The van der Waals surface area contributed by atoms with Gasteiger partial charge in [0.05, 0.1) is 4.90 Å². The van der Waals surface area contributed by atoms with Gasteiger partial charge in [-0.15, -0.1) is 0 Å². The number of aromatic nitrogens is 2. The fraction of sp³-hybridized carbons (Fsp3) is 0.348. The summed E-state index contributed by atoms with van der Waals surface area (Å²) in [6.45, 7) is 9.83. The van der Waals surface area contributed by atoms with Crippen molar-refractivity contribution in [1.82, 2.24) is 14.3 Å².